The van der Waals surface area contributed by atoms with Gasteiger partial charge in [0.2, 0.25) is 0 Å². The van der Waals surface area contributed by atoms with E-state index in [0.29, 0.717) is 12.2 Å². The molecule has 0 radical (unpaired) electrons. The van der Waals surface area contributed by atoms with Gasteiger partial charge in [0.1, 0.15) is 5.76 Å². The fraction of sp³-hybridized carbons (Fsp3) is 0.714. The summed E-state index contributed by atoms with van der Waals surface area (Å²) in [4.78, 5) is 14.2. The van der Waals surface area contributed by atoms with E-state index >= 15 is 0 Å². The first-order valence-electron chi connectivity index (χ1n) is 6.98. The summed E-state index contributed by atoms with van der Waals surface area (Å²) >= 11 is 0. The summed E-state index contributed by atoms with van der Waals surface area (Å²) in [5.74, 6) is 1.05. The SMILES string of the molecule is CC(C)c1cc(C(=O)N2CCCC[C@@H](CO)C2)no1. The first-order valence-corrected chi connectivity index (χ1v) is 6.98. The Hall–Kier alpha value is -1.36. The molecule has 1 amide bonds. The molecule has 1 atom stereocenters. The normalized spacial score (nSPS) is 20.6. The first-order chi connectivity index (χ1) is 9.11. The van der Waals surface area contributed by atoms with Gasteiger partial charge in [0.25, 0.3) is 5.91 Å². The van der Waals surface area contributed by atoms with Crippen LogP contribution in [0.1, 0.15) is 55.3 Å². The molecule has 0 unspecified atom stereocenters. The highest BCUT2D eigenvalue weighted by Gasteiger charge is 2.25. The number of hydrogen-bond acceptors (Lipinski definition) is 4. The summed E-state index contributed by atoms with van der Waals surface area (Å²) in [5.41, 5.74) is 0.377. The molecule has 106 valence electrons. The molecule has 1 aromatic heterocycles. The lowest BCUT2D eigenvalue weighted by atomic mass is 10.0. The van der Waals surface area contributed by atoms with Crippen LogP contribution < -0.4 is 0 Å². The van der Waals surface area contributed by atoms with Gasteiger partial charge in [0.15, 0.2) is 5.69 Å². The van der Waals surface area contributed by atoms with Crippen LogP contribution in [-0.2, 0) is 0 Å². The van der Waals surface area contributed by atoms with Crippen LogP contribution in [0.15, 0.2) is 10.6 Å². The van der Waals surface area contributed by atoms with E-state index in [9.17, 15) is 9.90 Å². The van der Waals surface area contributed by atoms with Gasteiger partial charge in [-0.05, 0) is 18.8 Å². The van der Waals surface area contributed by atoms with E-state index < -0.39 is 0 Å². The van der Waals surface area contributed by atoms with Crippen molar-refractivity contribution in [3.05, 3.63) is 17.5 Å². The van der Waals surface area contributed by atoms with Gasteiger partial charge in [0, 0.05) is 31.7 Å². The van der Waals surface area contributed by atoms with Crippen LogP contribution in [0.5, 0.6) is 0 Å². The van der Waals surface area contributed by atoms with Crippen molar-refractivity contribution in [2.24, 2.45) is 5.92 Å². The van der Waals surface area contributed by atoms with Crippen molar-refractivity contribution < 1.29 is 14.4 Å². The Morgan fingerprint density at radius 1 is 1.58 bits per heavy atom. The van der Waals surface area contributed by atoms with Crippen LogP contribution in [0.25, 0.3) is 0 Å². The van der Waals surface area contributed by atoms with Crippen molar-refractivity contribution in [3.8, 4) is 0 Å². The Balaban J connectivity index is 2.08. The topological polar surface area (TPSA) is 66.6 Å². The molecule has 2 heterocycles. The number of rotatable bonds is 3. The summed E-state index contributed by atoms with van der Waals surface area (Å²) in [6, 6.07) is 1.73. The molecule has 1 aromatic rings. The maximum atomic E-state index is 12.4. The molecule has 5 heteroatoms. The standard InChI is InChI=1S/C14H22N2O3/c1-10(2)13-7-12(15-19-13)14(18)16-6-4-3-5-11(8-16)9-17/h7,10-11,17H,3-6,8-9H2,1-2H3/t11-/m1/s1. The van der Waals surface area contributed by atoms with Crippen LogP contribution in [0.2, 0.25) is 0 Å². The van der Waals surface area contributed by atoms with E-state index in [4.69, 9.17) is 4.52 Å². The second-order valence-corrected chi connectivity index (χ2v) is 5.56. The maximum absolute atomic E-state index is 12.4. The fourth-order valence-electron chi connectivity index (χ4n) is 2.39. The molecule has 1 saturated heterocycles. The minimum absolute atomic E-state index is 0.0870. The number of aromatic nitrogens is 1. The molecule has 0 aliphatic carbocycles. The monoisotopic (exact) mass is 266 g/mol. The lowest BCUT2D eigenvalue weighted by Gasteiger charge is -2.22. The van der Waals surface area contributed by atoms with Gasteiger partial charge in [-0.3, -0.25) is 4.79 Å². The van der Waals surface area contributed by atoms with Gasteiger partial charge in [-0.15, -0.1) is 0 Å². The van der Waals surface area contributed by atoms with Crippen molar-refractivity contribution in [3.63, 3.8) is 0 Å². The number of hydrogen-bond donors (Lipinski definition) is 1. The van der Waals surface area contributed by atoms with Gasteiger partial charge < -0.3 is 14.5 Å². The molecule has 1 N–H and O–H groups in total. The summed E-state index contributed by atoms with van der Waals surface area (Å²) in [7, 11) is 0. The first kappa shape index (κ1) is 14.1. The van der Waals surface area contributed by atoms with Crippen LogP contribution in [0.4, 0.5) is 0 Å². The predicted molar refractivity (Wildman–Crippen MR) is 70.9 cm³/mol. The molecule has 0 bridgehead atoms. The van der Waals surface area contributed by atoms with Crippen molar-refractivity contribution in [1.82, 2.24) is 10.1 Å². The van der Waals surface area contributed by atoms with Gasteiger partial charge >= 0.3 is 0 Å². The largest absolute Gasteiger partial charge is 0.396 e. The molecule has 1 aliphatic heterocycles. The van der Waals surface area contributed by atoms with Crippen molar-refractivity contribution in [2.75, 3.05) is 19.7 Å². The summed E-state index contributed by atoms with van der Waals surface area (Å²) < 4.78 is 5.18. The summed E-state index contributed by atoms with van der Waals surface area (Å²) in [6.07, 6.45) is 3.03. The van der Waals surface area contributed by atoms with Gasteiger partial charge in [-0.1, -0.05) is 25.4 Å². The minimum atomic E-state index is -0.0870. The quantitative estimate of drug-likeness (QED) is 0.909. The third kappa shape index (κ3) is 3.35. The van der Waals surface area contributed by atoms with Crippen molar-refractivity contribution >= 4 is 5.91 Å². The smallest absolute Gasteiger partial charge is 0.276 e. The zero-order valence-electron chi connectivity index (χ0n) is 11.6. The summed E-state index contributed by atoms with van der Waals surface area (Å²) in [6.45, 7) is 5.49. The molecule has 19 heavy (non-hydrogen) atoms. The predicted octanol–water partition coefficient (Wildman–Crippen LogP) is 2.03. The third-order valence-corrected chi connectivity index (χ3v) is 3.63. The molecule has 0 saturated carbocycles. The van der Waals surface area contributed by atoms with E-state index in [-0.39, 0.29) is 24.3 Å². The second-order valence-electron chi connectivity index (χ2n) is 5.56. The van der Waals surface area contributed by atoms with Gasteiger partial charge in [0.05, 0.1) is 0 Å². The zero-order chi connectivity index (χ0) is 13.8. The number of aliphatic hydroxyl groups excluding tert-OH is 1. The lowest BCUT2D eigenvalue weighted by molar-refractivity contribution is 0.0709. The number of aliphatic hydroxyl groups is 1. The zero-order valence-corrected chi connectivity index (χ0v) is 11.6. The van der Waals surface area contributed by atoms with Gasteiger partial charge in [-0.25, -0.2) is 0 Å². The highest BCUT2D eigenvalue weighted by Crippen LogP contribution is 2.20. The van der Waals surface area contributed by atoms with E-state index in [1.807, 2.05) is 13.8 Å². The second kappa shape index (κ2) is 6.19. The van der Waals surface area contributed by atoms with Crippen LogP contribution in [0, 0.1) is 5.92 Å². The highest BCUT2D eigenvalue weighted by molar-refractivity contribution is 5.92. The molecule has 1 fully saturated rings. The molecular formula is C14H22N2O3. The minimum Gasteiger partial charge on any atom is -0.396 e. The highest BCUT2D eigenvalue weighted by atomic mass is 16.5. The van der Waals surface area contributed by atoms with E-state index in [2.05, 4.69) is 5.16 Å². The number of carbonyl (C=O) groups is 1. The van der Waals surface area contributed by atoms with Crippen LogP contribution >= 0.6 is 0 Å². The number of carbonyl (C=O) groups excluding carboxylic acids is 1. The average molecular weight is 266 g/mol. The molecule has 0 aromatic carbocycles. The molecule has 1 aliphatic rings. The van der Waals surface area contributed by atoms with Crippen molar-refractivity contribution in [2.45, 2.75) is 39.0 Å². The Morgan fingerprint density at radius 3 is 3.00 bits per heavy atom. The third-order valence-electron chi connectivity index (χ3n) is 3.63. The Kier molecular flexibility index (Phi) is 4.58. The van der Waals surface area contributed by atoms with E-state index in [1.165, 1.54) is 0 Å². The molecule has 2 rings (SSSR count). The van der Waals surface area contributed by atoms with Crippen LogP contribution in [-0.4, -0.2) is 40.8 Å². The number of nitrogens with zero attached hydrogens (tertiary/aromatic N) is 2. The summed E-state index contributed by atoms with van der Waals surface area (Å²) in [5, 5.41) is 13.2. The molecule has 0 spiro atoms. The average Bonchev–Trinajstić information content (AvgIpc) is 2.77. The van der Waals surface area contributed by atoms with Gasteiger partial charge in [-0.2, -0.15) is 0 Å². The molecular weight excluding hydrogens is 244 g/mol. The number of amides is 1. The van der Waals surface area contributed by atoms with E-state index in [0.717, 1.165) is 31.6 Å². The Labute approximate surface area is 113 Å². The number of likely N-dealkylation sites (tertiary alicyclic amines) is 1. The molecule has 5 nitrogen and oxygen atoms in total. The maximum Gasteiger partial charge on any atom is 0.276 e. The lowest BCUT2D eigenvalue weighted by Crippen LogP contribution is -2.35. The van der Waals surface area contributed by atoms with Crippen LogP contribution in [0.3, 0.4) is 0 Å². The fourth-order valence-corrected chi connectivity index (χ4v) is 2.39. The Bertz CT molecular complexity index is 428. The Morgan fingerprint density at radius 2 is 2.37 bits per heavy atom. The van der Waals surface area contributed by atoms with E-state index in [1.54, 1.807) is 11.0 Å². The van der Waals surface area contributed by atoms with Crippen molar-refractivity contribution in [1.29, 1.82) is 0 Å².